The van der Waals surface area contributed by atoms with Gasteiger partial charge >= 0.3 is 5.97 Å². The summed E-state index contributed by atoms with van der Waals surface area (Å²) in [5, 5.41) is 13.1. The number of amides is 1. The van der Waals surface area contributed by atoms with Crippen molar-refractivity contribution in [3.05, 3.63) is 70.9 Å². The zero-order valence-electron chi connectivity index (χ0n) is 23.5. The van der Waals surface area contributed by atoms with Crippen LogP contribution in [-0.4, -0.2) is 59.7 Å². The van der Waals surface area contributed by atoms with E-state index in [4.69, 9.17) is 21.3 Å². The number of aryl methyl sites for hydroxylation is 1. The number of hydrogen-bond donors (Lipinski definition) is 2. The van der Waals surface area contributed by atoms with E-state index in [1.165, 1.54) is 0 Å². The second-order valence-electron chi connectivity index (χ2n) is 10.9. The van der Waals surface area contributed by atoms with Gasteiger partial charge in [0.25, 0.3) is 5.91 Å². The molecule has 1 heterocycles. The lowest BCUT2D eigenvalue weighted by Crippen LogP contribution is -2.51. The molecule has 1 aliphatic rings. The van der Waals surface area contributed by atoms with Crippen LogP contribution in [0.2, 0.25) is 5.02 Å². The SMILES string of the molecule is Cc1ccccc1-c1ccc(C(=O)NC2(CC(=O)O)CCCCC2)nc1-c1ccc(Cl)c(OCCCN(C)C)c1. The normalized spacial score (nSPS) is 14.6. The van der Waals surface area contributed by atoms with Crippen LogP contribution >= 0.6 is 11.6 Å². The molecule has 7 nitrogen and oxygen atoms in total. The first kappa shape index (κ1) is 29.6. The number of nitrogens with zero attached hydrogens (tertiary/aromatic N) is 2. The number of aliphatic carboxylic acids is 1. The van der Waals surface area contributed by atoms with Crippen molar-refractivity contribution in [1.82, 2.24) is 15.2 Å². The highest BCUT2D eigenvalue weighted by Crippen LogP contribution is 2.37. The summed E-state index contributed by atoms with van der Waals surface area (Å²) < 4.78 is 6.03. The lowest BCUT2D eigenvalue weighted by molar-refractivity contribution is -0.139. The number of aromatic nitrogens is 1. The van der Waals surface area contributed by atoms with Crippen molar-refractivity contribution < 1.29 is 19.4 Å². The third-order valence-electron chi connectivity index (χ3n) is 7.45. The molecule has 40 heavy (non-hydrogen) atoms. The van der Waals surface area contributed by atoms with Crippen molar-refractivity contribution in [3.8, 4) is 28.1 Å². The van der Waals surface area contributed by atoms with Gasteiger partial charge in [-0.2, -0.15) is 0 Å². The van der Waals surface area contributed by atoms with Crippen LogP contribution in [0.15, 0.2) is 54.6 Å². The fourth-order valence-corrected chi connectivity index (χ4v) is 5.56. The van der Waals surface area contributed by atoms with Gasteiger partial charge < -0.3 is 20.1 Å². The monoisotopic (exact) mass is 563 g/mol. The molecule has 0 aliphatic heterocycles. The third-order valence-corrected chi connectivity index (χ3v) is 7.77. The number of hydrogen-bond acceptors (Lipinski definition) is 5. The van der Waals surface area contributed by atoms with E-state index in [0.717, 1.165) is 54.5 Å². The van der Waals surface area contributed by atoms with Gasteiger partial charge in [-0.25, -0.2) is 4.98 Å². The molecule has 2 N–H and O–H groups in total. The van der Waals surface area contributed by atoms with E-state index < -0.39 is 11.5 Å². The lowest BCUT2D eigenvalue weighted by atomic mass is 9.79. The molecule has 1 aromatic heterocycles. The van der Waals surface area contributed by atoms with Gasteiger partial charge in [-0.3, -0.25) is 9.59 Å². The number of pyridine rings is 1. The van der Waals surface area contributed by atoms with Gasteiger partial charge in [-0.1, -0.05) is 61.2 Å². The molecule has 4 rings (SSSR count). The first-order valence-electron chi connectivity index (χ1n) is 13.9. The van der Waals surface area contributed by atoms with Crippen LogP contribution in [0.4, 0.5) is 0 Å². The van der Waals surface area contributed by atoms with Crippen molar-refractivity contribution in [2.24, 2.45) is 0 Å². The van der Waals surface area contributed by atoms with Crippen LogP contribution < -0.4 is 10.1 Å². The number of carboxylic acids is 1. The molecule has 0 bridgehead atoms. The summed E-state index contributed by atoms with van der Waals surface area (Å²) in [4.78, 5) is 32.2. The Kier molecular flexibility index (Phi) is 9.82. The number of benzene rings is 2. The Morgan fingerprint density at radius 3 is 2.50 bits per heavy atom. The van der Waals surface area contributed by atoms with Crippen LogP contribution in [0.3, 0.4) is 0 Å². The quantitative estimate of drug-likeness (QED) is 0.255. The van der Waals surface area contributed by atoms with Gasteiger partial charge in [0.1, 0.15) is 11.4 Å². The highest BCUT2D eigenvalue weighted by atomic mass is 35.5. The molecule has 0 atom stereocenters. The number of carbonyl (C=O) groups is 2. The summed E-state index contributed by atoms with van der Waals surface area (Å²) >= 11 is 6.49. The summed E-state index contributed by atoms with van der Waals surface area (Å²) in [6.45, 7) is 3.46. The largest absolute Gasteiger partial charge is 0.492 e. The topological polar surface area (TPSA) is 91.8 Å². The fourth-order valence-electron chi connectivity index (χ4n) is 5.39. The van der Waals surface area contributed by atoms with Gasteiger partial charge in [-0.15, -0.1) is 0 Å². The van der Waals surface area contributed by atoms with Gasteiger partial charge in [0.15, 0.2) is 0 Å². The minimum atomic E-state index is -0.912. The minimum absolute atomic E-state index is 0.0986. The number of ether oxygens (including phenoxy) is 1. The molecule has 2 aromatic carbocycles. The van der Waals surface area contributed by atoms with E-state index in [1.54, 1.807) is 12.1 Å². The summed E-state index contributed by atoms with van der Waals surface area (Å²) in [5.41, 5.74) is 3.87. The van der Waals surface area contributed by atoms with Crippen molar-refractivity contribution in [3.63, 3.8) is 0 Å². The Balaban J connectivity index is 1.72. The van der Waals surface area contributed by atoms with Gasteiger partial charge in [0, 0.05) is 17.7 Å². The smallest absolute Gasteiger partial charge is 0.305 e. The fraction of sp³-hybridized carbons (Fsp3) is 0.406. The van der Waals surface area contributed by atoms with Gasteiger partial charge in [0.2, 0.25) is 0 Å². The predicted molar refractivity (Wildman–Crippen MR) is 159 cm³/mol. The van der Waals surface area contributed by atoms with E-state index in [1.807, 2.05) is 63.5 Å². The molecular weight excluding hydrogens is 526 g/mol. The summed E-state index contributed by atoms with van der Waals surface area (Å²) in [6.07, 6.45) is 4.87. The Morgan fingerprint density at radius 1 is 1.05 bits per heavy atom. The maximum atomic E-state index is 13.5. The highest BCUT2D eigenvalue weighted by molar-refractivity contribution is 6.32. The molecule has 0 radical (unpaired) electrons. The molecule has 1 amide bonds. The summed E-state index contributed by atoms with van der Waals surface area (Å²) in [7, 11) is 4.04. The maximum Gasteiger partial charge on any atom is 0.305 e. The molecule has 0 spiro atoms. The molecule has 1 aliphatic carbocycles. The Hall–Kier alpha value is -3.42. The Labute approximate surface area is 241 Å². The zero-order valence-corrected chi connectivity index (χ0v) is 24.3. The third kappa shape index (κ3) is 7.40. The number of halogens is 1. The van der Waals surface area contributed by atoms with Crippen LogP contribution in [-0.2, 0) is 4.79 Å². The van der Waals surface area contributed by atoms with Crippen molar-refractivity contribution in [1.29, 1.82) is 0 Å². The van der Waals surface area contributed by atoms with Crippen LogP contribution in [0.1, 0.15) is 61.0 Å². The molecule has 8 heteroatoms. The first-order valence-corrected chi connectivity index (χ1v) is 14.2. The number of nitrogens with one attached hydrogen (secondary N) is 1. The zero-order chi connectivity index (χ0) is 28.7. The average Bonchev–Trinajstić information content (AvgIpc) is 2.92. The Bertz CT molecular complexity index is 1350. The molecule has 0 saturated heterocycles. The van der Waals surface area contributed by atoms with E-state index in [9.17, 15) is 14.7 Å². The van der Waals surface area contributed by atoms with E-state index >= 15 is 0 Å². The highest BCUT2D eigenvalue weighted by Gasteiger charge is 2.36. The number of carbonyl (C=O) groups excluding carboxylic acids is 1. The number of carboxylic acid groups (broad SMARTS) is 1. The average molecular weight is 564 g/mol. The number of rotatable bonds is 11. The lowest BCUT2D eigenvalue weighted by Gasteiger charge is -2.36. The molecule has 212 valence electrons. The van der Waals surface area contributed by atoms with Gasteiger partial charge in [0.05, 0.1) is 29.3 Å². The second-order valence-corrected chi connectivity index (χ2v) is 11.3. The second kappa shape index (κ2) is 13.3. The predicted octanol–water partition coefficient (Wildman–Crippen LogP) is 6.62. The van der Waals surface area contributed by atoms with Crippen molar-refractivity contribution in [2.75, 3.05) is 27.2 Å². The summed E-state index contributed by atoms with van der Waals surface area (Å²) in [6, 6.07) is 17.2. The van der Waals surface area contributed by atoms with Crippen LogP contribution in [0.25, 0.3) is 22.4 Å². The van der Waals surface area contributed by atoms with Gasteiger partial charge in [-0.05, 0) is 75.7 Å². The van der Waals surface area contributed by atoms with E-state index in [2.05, 4.69) is 10.2 Å². The maximum absolute atomic E-state index is 13.5. The van der Waals surface area contributed by atoms with Crippen LogP contribution in [0, 0.1) is 6.92 Å². The molecular formula is C32H38ClN3O4. The van der Waals surface area contributed by atoms with Crippen molar-refractivity contribution in [2.45, 2.75) is 57.4 Å². The summed E-state index contributed by atoms with van der Waals surface area (Å²) in [5.74, 6) is -0.715. The molecule has 1 saturated carbocycles. The van der Waals surface area contributed by atoms with Crippen molar-refractivity contribution >= 4 is 23.5 Å². The Morgan fingerprint density at radius 2 is 1.80 bits per heavy atom. The van der Waals surface area contributed by atoms with E-state index in [-0.39, 0.29) is 18.0 Å². The molecule has 3 aromatic rings. The standard InChI is InChI=1S/C32H38ClN3O4/c1-22-10-5-6-11-24(22)25-13-15-27(31(39)35-32(21-29(37)38)16-7-4-8-17-32)34-30(25)23-12-14-26(33)28(20-23)40-19-9-18-36(2)3/h5-6,10-15,20H,4,7-9,16-19,21H2,1-3H3,(H,35,39)(H,37,38). The molecule has 0 unspecified atom stereocenters. The van der Waals surface area contributed by atoms with Crippen LogP contribution in [0.5, 0.6) is 5.75 Å². The molecule has 1 fully saturated rings. The minimum Gasteiger partial charge on any atom is -0.492 e. The van der Waals surface area contributed by atoms with E-state index in [0.29, 0.717) is 35.9 Å². The first-order chi connectivity index (χ1) is 19.2.